The van der Waals surface area contributed by atoms with Crippen LogP contribution in [0.25, 0.3) is 0 Å². The number of carbonyl (C=O) groups excluding carboxylic acids is 1. The van der Waals surface area contributed by atoms with Crippen molar-refractivity contribution >= 4 is 15.9 Å². The zero-order valence-corrected chi connectivity index (χ0v) is 15.4. The van der Waals surface area contributed by atoms with Gasteiger partial charge in [0.15, 0.2) is 4.90 Å². The van der Waals surface area contributed by atoms with Gasteiger partial charge >= 0.3 is 0 Å². The standard InChI is InChI=1S/C17H22F2N2O5S/c18-12-2-1-3-13(19)17(12)27(23,24)20-7-6-16(22)21-11-4-5-14-15(10-11)26-9-8-25-14/h1-3,11,14-15,20H,4-10H2,(H,21,22). The fraction of sp³-hybridized carbons (Fsp3) is 0.588. The van der Waals surface area contributed by atoms with Crippen LogP contribution in [0.4, 0.5) is 8.78 Å². The van der Waals surface area contributed by atoms with Crippen LogP contribution in [0.3, 0.4) is 0 Å². The second kappa shape index (κ2) is 8.59. The van der Waals surface area contributed by atoms with Crippen LogP contribution in [0.5, 0.6) is 0 Å². The molecule has 1 aliphatic carbocycles. The van der Waals surface area contributed by atoms with Gasteiger partial charge in [0.25, 0.3) is 0 Å². The molecule has 1 saturated heterocycles. The molecule has 2 aliphatic rings. The molecule has 1 saturated carbocycles. The number of halogens is 2. The summed E-state index contributed by atoms with van der Waals surface area (Å²) in [5.41, 5.74) is 0. The maximum absolute atomic E-state index is 13.6. The quantitative estimate of drug-likeness (QED) is 0.740. The Balaban J connectivity index is 1.47. The van der Waals surface area contributed by atoms with Crippen molar-refractivity contribution in [1.82, 2.24) is 10.0 Å². The highest BCUT2D eigenvalue weighted by Crippen LogP contribution is 2.26. The number of sulfonamides is 1. The Labute approximate surface area is 156 Å². The summed E-state index contributed by atoms with van der Waals surface area (Å²) < 4.78 is 64.7. The number of hydrogen-bond acceptors (Lipinski definition) is 5. The number of rotatable bonds is 6. The number of nitrogens with one attached hydrogen (secondary N) is 2. The fourth-order valence-corrected chi connectivity index (χ4v) is 4.57. The zero-order chi connectivity index (χ0) is 19.4. The van der Waals surface area contributed by atoms with Crippen molar-refractivity contribution in [1.29, 1.82) is 0 Å². The lowest BCUT2D eigenvalue weighted by molar-refractivity contribution is -0.158. The van der Waals surface area contributed by atoms with Crippen molar-refractivity contribution in [3.05, 3.63) is 29.8 Å². The van der Waals surface area contributed by atoms with E-state index in [9.17, 15) is 22.0 Å². The van der Waals surface area contributed by atoms with Gasteiger partial charge in [-0.1, -0.05) is 6.07 Å². The van der Waals surface area contributed by atoms with Gasteiger partial charge in [-0.25, -0.2) is 21.9 Å². The first-order valence-corrected chi connectivity index (χ1v) is 10.3. The molecule has 0 spiro atoms. The fourth-order valence-electron chi connectivity index (χ4n) is 3.41. The lowest BCUT2D eigenvalue weighted by atomic mass is 9.89. The molecule has 1 amide bonds. The molecular weight excluding hydrogens is 382 g/mol. The smallest absolute Gasteiger partial charge is 0.246 e. The van der Waals surface area contributed by atoms with Crippen LogP contribution in [0.15, 0.2) is 23.1 Å². The Morgan fingerprint density at radius 1 is 1.11 bits per heavy atom. The zero-order valence-electron chi connectivity index (χ0n) is 14.6. The highest BCUT2D eigenvalue weighted by molar-refractivity contribution is 7.89. The Morgan fingerprint density at radius 3 is 2.48 bits per heavy atom. The van der Waals surface area contributed by atoms with E-state index in [1.807, 2.05) is 0 Å². The van der Waals surface area contributed by atoms with Gasteiger partial charge < -0.3 is 14.8 Å². The third-order valence-electron chi connectivity index (χ3n) is 4.68. The predicted molar refractivity (Wildman–Crippen MR) is 91.4 cm³/mol. The summed E-state index contributed by atoms with van der Waals surface area (Å²) in [6, 6.07) is 2.73. The third kappa shape index (κ3) is 5.01. The normalized spacial score (nSPS) is 25.6. The number of fused-ring (bicyclic) bond motifs is 1. The van der Waals surface area contributed by atoms with Gasteiger partial charge in [0, 0.05) is 19.0 Å². The van der Waals surface area contributed by atoms with Crippen molar-refractivity contribution in [3.8, 4) is 0 Å². The minimum absolute atomic E-state index is 0.0414. The highest BCUT2D eigenvalue weighted by atomic mass is 32.2. The van der Waals surface area contributed by atoms with E-state index in [2.05, 4.69) is 10.0 Å². The number of carbonyl (C=O) groups is 1. The Morgan fingerprint density at radius 2 is 1.78 bits per heavy atom. The molecule has 150 valence electrons. The van der Waals surface area contributed by atoms with Crippen molar-refractivity contribution in [2.45, 2.75) is 48.8 Å². The molecule has 2 N–H and O–H groups in total. The lowest BCUT2D eigenvalue weighted by Crippen LogP contribution is -2.49. The monoisotopic (exact) mass is 404 g/mol. The lowest BCUT2D eigenvalue weighted by Gasteiger charge is -2.39. The van der Waals surface area contributed by atoms with Crippen molar-refractivity contribution in [2.75, 3.05) is 19.8 Å². The van der Waals surface area contributed by atoms with Crippen LogP contribution in [-0.2, 0) is 24.3 Å². The molecule has 3 rings (SSSR count). The van der Waals surface area contributed by atoms with Crippen LogP contribution in [0.2, 0.25) is 0 Å². The summed E-state index contributed by atoms with van der Waals surface area (Å²) >= 11 is 0. The van der Waals surface area contributed by atoms with Crippen LogP contribution < -0.4 is 10.0 Å². The average molecular weight is 404 g/mol. The van der Waals surface area contributed by atoms with Gasteiger partial charge in [-0.15, -0.1) is 0 Å². The number of hydrogen-bond donors (Lipinski definition) is 2. The van der Waals surface area contributed by atoms with E-state index in [1.54, 1.807) is 0 Å². The van der Waals surface area contributed by atoms with Crippen molar-refractivity contribution in [3.63, 3.8) is 0 Å². The predicted octanol–water partition coefficient (Wildman–Crippen LogP) is 1.09. The first-order chi connectivity index (χ1) is 12.9. The first-order valence-electron chi connectivity index (χ1n) is 8.83. The SMILES string of the molecule is O=C(CCNS(=O)(=O)c1c(F)cccc1F)NC1CCC2OCCOC2C1. The van der Waals surface area contributed by atoms with E-state index < -0.39 is 26.6 Å². The topological polar surface area (TPSA) is 93.7 Å². The van der Waals surface area contributed by atoms with Gasteiger partial charge in [0.1, 0.15) is 11.6 Å². The summed E-state index contributed by atoms with van der Waals surface area (Å²) in [5.74, 6) is -2.70. The van der Waals surface area contributed by atoms with E-state index >= 15 is 0 Å². The first kappa shape index (κ1) is 20.1. The van der Waals surface area contributed by atoms with Gasteiger partial charge in [-0.3, -0.25) is 4.79 Å². The minimum Gasteiger partial charge on any atom is -0.373 e. The molecule has 7 nitrogen and oxygen atoms in total. The Kier molecular flexibility index (Phi) is 6.40. The molecule has 2 fully saturated rings. The Hall–Kier alpha value is -1.62. The molecule has 3 unspecified atom stereocenters. The summed E-state index contributed by atoms with van der Waals surface area (Å²) in [4.78, 5) is 11.0. The molecule has 1 heterocycles. The van der Waals surface area contributed by atoms with Gasteiger partial charge in [0.2, 0.25) is 15.9 Å². The molecule has 10 heteroatoms. The third-order valence-corrected chi connectivity index (χ3v) is 6.19. The number of ether oxygens (including phenoxy) is 2. The molecule has 3 atom stereocenters. The Bertz CT molecular complexity index is 769. The molecular formula is C17H22F2N2O5S. The molecule has 27 heavy (non-hydrogen) atoms. The van der Waals surface area contributed by atoms with Crippen LogP contribution >= 0.6 is 0 Å². The summed E-state index contributed by atoms with van der Waals surface area (Å²) in [6.07, 6.45) is 2.06. The maximum Gasteiger partial charge on any atom is 0.246 e. The van der Waals surface area contributed by atoms with Crippen molar-refractivity contribution < 1.29 is 31.5 Å². The number of amides is 1. The second-order valence-corrected chi connectivity index (χ2v) is 8.30. The molecule has 0 radical (unpaired) electrons. The largest absolute Gasteiger partial charge is 0.373 e. The highest BCUT2D eigenvalue weighted by Gasteiger charge is 2.34. The minimum atomic E-state index is -4.38. The van der Waals surface area contributed by atoms with Gasteiger partial charge in [-0.2, -0.15) is 0 Å². The summed E-state index contributed by atoms with van der Waals surface area (Å²) in [5, 5.41) is 2.84. The molecule has 1 aromatic rings. The molecule has 1 aliphatic heterocycles. The summed E-state index contributed by atoms with van der Waals surface area (Å²) in [7, 11) is -4.38. The van der Waals surface area contributed by atoms with E-state index in [0.717, 1.165) is 31.0 Å². The molecule has 1 aromatic carbocycles. The molecule has 0 aromatic heterocycles. The van der Waals surface area contributed by atoms with E-state index in [0.29, 0.717) is 19.6 Å². The van der Waals surface area contributed by atoms with Crippen LogP contribution in [0, 0.1) is 11.6 Å². The number of benzene rings is 1. The van der Waals surface area contributed by atoms with E-state index in [4.69, 9.17) is 9.47 Å². The van der Waals surface area contributed by atoms with Crippen LogP contribution in [0.1, 0.15) is 25.7 Å². The summed E-state index contributed by atoms with van der Waals surface area (Å²) in [6.45, 7) is 0.859. The molecule has 0 bridgehead atoms. The van der Waals surface area contributed by atoms with Crippen LogP contribution in [-0.4, -0.2) is 52.3 Å². The van der Waals surface area contributed by atoms with E-state index in [1.165, 1.54) is 0 Å². The van der Waals surface area contributed by atoms with Gasteiger partial charge in [-0.05, 0) is 31.4 Å². The van der Waals surface area contributed by atoms with Crippen molar-refractivity contribution in [2.24, 2.45) is 0 Å². The second-order valence-electron chi connectivity index (χ2n) is 6.59. The average Bonchev–Trinajstić information content (AvgIpc) is 2.61. The van der Waals surface area contributed by atoms with Gasteiger partial charge in [0.05, 0.1) is 25.4 Å². The maximum atomic E-state index is 13.6. The van der Waals surface area contributed by atoms with E-state index in [-0.39, 0.29) is 37.1 Å².